The zero-order valence-corrected chi connectivity index (χ0v) is 21.4. The number of aromatic nitrogens is 2. The number of hydrogen-bond acceptors (Lipinski definition) is 2. The highest BCUT2D eigenvalue weighted by molar-refractivity contribution is 5.95. The molecule has 4 aromatic carbocycles. The minimum atomic E-state index is -1.04. The van der Waals surface area contributed by atoms with E-state index in [0.29, 0.717) is 0 Å². The quantitative estimate of drug-likeness (QED) is 0.331. The van der Waals surface area contributed by atoms with Crippen LogP contribution in [0.3, 0.4) is 0 Å². The topological polar surface area (TPSA) is 56.0 Å². The Bertz CT molecular complexity index is 1640. The van der Waals surface area contributed by atoms with Gasteiger partial charge in [-0.05, 0) is 46.2 Å². The third kappa shape index (κ3) is 3.17. The van der Waals surface area contributed by atoms with Gasteiger partial charge in [-0.2, -0.15) is 0 Å². The fourth-order valence-corrected chi connectivity index (χ4v) is 6.74. The van der Waals surface area contributed by atoms with Gasteiger partial charge in [-0.3, -0.25) is 0 Å². The van der Waals surface area contributed by atoms with Crippen LogP contribution in [0.1, 0.15) is 23.0 Å². The van der Waals surface area contributed by atoms with Crippen LogP contribution in [0.5, 0.6) is 0 Å². The molecule has 1 fully saturated rings. The molecule has 0 unspecified atom stereocenters. The molecule has 7 rings (SSSR count). The molecule has 0 radical (unpaired) electrons. The van der Waals surface area contributed by atoms with Gasteiger partial charge in [0.1, 0.15) is 0 Å². The van der Waals surface area contributed by atoms with Crippen molar-refractivity contribution in [1.82, 2.24) is 9.13 Å². The predicted molar refractivity (Wildman–Crippen MR) is 150 cm³/mol. The second kappa shape index (κ2) is 8.73. The molecule has 0 spiro atoms. The van der Waals surface area contributed by atoms with Gasteiger partial charge >= 0.3 is 0 Å². The lowest BCUT2D eigenvalue weighted by atomic mass is 9.62. The van der Waals surface area contributed by atoms with Gasteiger partial charge in [0.25, 0.3) is 0 Å². The highest BCUT2D eigenvalue weighted by atomic mass is 16.3. The van der Waals surface area contributed by atoms with Crippen LogP contribution in [0.15, 0.2) is 109 Å². The number of aryl methyl sites for hydroxylation is 2. The molecule has 0 N–H and O–H groups in total. The molecule has 6 aromatic rings. The maximum Gasteiger partial charge on any atom is 0.0523 e. The van der Waals surface area contributed by atoms with E-state index in [9.17, 15) is 10.2 Å². The maximum atomic E-state index is 14.3. The van der Waals surface area contributed by atoms with E-state index in [2.05, 4.69) is 57.7 Å². The van der Waals surface area contributed by atoms with Gasteiger partial charge in [-0.15, -0.1) is 12.2 Å². The molecule has 1 aliphatic carbocycles. The first-order chi connectivity index (χ1) is 18.6. The number of rotatable bonds is 4. The number of hydrogen-bond donors (Lipinski definition) is 0. The molecule has 4 nitrogen and oxygen atoms in total. The van der Waals surface area contributed by atoms with E-state index in [1.54, 1.807) is 0 Å². The second-order valence-corrected chi connectivity index (χ2v) is 10.4. The summed E-state index contributed by atoms with van der Waals surface area (Å²) in [6.45, 7) is 0. The Morgan fingerprint density at radius 3 is 1.21 bits per heavy atom. The van der Waals surface area contributed by atoms with E-state index in [1.807, 2.05) is 74.8 Å². The lowest BCUT2D eigenvalue weighted by Gasteiger charge is -2.62. The van der Waals surface area contributed by atoms with Crippen molar-refractivity contribution in [3.8, 4) is 22.5 Å². The van der Waals surface area contributed by atoms with E-state index in [1.165, 1.54) is 0 Å². The Labute approximate surface area is 222 Å². The molecule has 0 atom stereocenters. The van der Waals surface area contributed by atoms with E-state index >= 15 is 0 Å². The molecule has 2 heterocycles. The normalized spacial score (nSPS) is 21.2. The summed E-state index contributed by atoms with van der Waals surface area (Å²) in [5, 5.41) is 30.6. The smallest absolute Gasteiger partial charge is 0.0523 e. The van der Waals surface area contributed by atoms with Crippen LogP contribution < -0.4 is 10.2 Å². The molecule has 1 aliphatic rings. The largest absolute Gasteiger partial charge is 0.851 e. The molecular weight excluding hydrogens is 468 g/mol. The van der Waals surface area contributed by atoms with Crippen LogP contribution in [0.2, 0.25) is 0 Å². The molecule has 0 saturated heterocycles. The molecule has 1 saturated carbocycles. The first-order valence-electron chi connectivity index (χ1n) is 13.1. The first kappa shape index (κ1) is 23.0. The highest BCUT2D eigenvalue weighted by Gasteiger charge is 2.43. The van der Waals surface area contributed by atoms with E-state index in [0.717, 1.165) is 55.4 Å². The van der Waals surface area contributed by atoms with Crippen molar-refractivity contribution in [2.75, 3.05) is 0 Å². The average Bonchev–Trinajstić information content (AvgIpc) is 3.41. The lowest BCUT2D eigenvalue weighted by Crippen LogP contribution is -2.63. The van der Waals surface area contributed by atoms with Crippen molar-refractivity contribution in [2.45, 2.75) is 24.0 Å². The summed E-state index contributed by atoms with van der Waals surface area (Å²) in [6.07, 6.45) is -2.09. The van der Waals surface area contributed by atoms with Gasteiger partial charge in [0.2, 0.25) is 0 Å². The van der Waals surface area contributed by atoms with Crippen molar-refractivity contribution < 1.29 is 10.2 Å². The van der Waals surface area contributed by atoms with Crippen LogP contribution in [0.4, 0.5) is 0 Å². The van der Waals surface area contributed by atoms with Crippen molar-refractivity contribution in [1.29, 1.82) is 0 Å². The fourth-order valence-electron chi connectivity index (χ4n) is 6.74. The maximum absolute atomic E-state index is 14.3. The minimum absolute atomic E-state index is 0.621. The predicted octanol–water partition coefficient (Wildman–Crippen LogP) is 5.34. The van der Waals surface area contributed by atoms with E-state index in [4.69, 9.17) is 0 Å². The Balaban J connectivity index is 1.42. The van der Waals surface area contributed by atoms with Crippen molar-refractivity contribution >= 4 is 21.8 Å². The van der Waals surface area contributed by atoms with Crippen molar-refractivity contribution in [3.63, 3.8) is 0 Å². The molecule has 4 heteroatoms. The second-order valence-electron chi connectivity index (χ2n) is 10.4. The van der Waals surface area contributed by atoms with Gasteiger partial charge < -0.3 is 19.3 Å². The SMILES string of the molecule is Cn1c(-c2ccccc2)c(C2C([O-])C(c3c(-c4ccccc4)n(C)c4ccccc34)C2[O-])c2ccccc21. The summed E-state index contributed by atoms with van der Waals surface area (Å²) < 4.78 is 4.28. The lowest BCUT2D eigenvalue weighted by molar-refractivity contribution is -0.535. The fraction of sp³-hybridized carbons (Fsp3) is 0.176. The summed E-state index contributed by atoms with van der Waals surface area (Å²) in [4.78, 5) is 0. The number of benzene rings is 4. The average molecular weight is 497 g/mol. The molecule has 0 bridgehead atoms. The molecule has 0 amide bonds. The van der Waals surface area contributed by atoms with Gasteiger partial charge in [-0.25, -0.2) is 0 Å². The third-order valence-electron chi connectivity index (χ3n) is 8.47. The van der Waals surface area contributed by atoms with Crippen LogP contribution in [-0.4, -0.2) is 21.3 Å². The molecule has 0 aliphatic heterocycles. The summed E-state index contributed by atoms with van der Waals surface area (Å²) in [7, 11) is 4.06. The van der Waals surface area contributed by atoms with Gasteiger partial charge in [0.15, 0.2) is 0 Å². The standard InChI is InChI=1S/C34H28N2O2/c1-35-25-19-11-9-17-23(25)27(31(35)21-13-5-3-6-14-21)29-33(37)30(34(29)38)28-24-18-10-12-20-26(24)36(2)32(28)22-15-7-4-8-16-22/h3-20,29-30,33-34H,1-2H3/q-2. The molecular formula is C34H28N2O2-2. The Morgan fingerprint density at radius 1 is 0.474 bits per heavy atom. The van der Waals surface area contributed by atoms with Gasteiger partial charge in [0, 0.05) is 35.9 Å². The molecule has 38 heavy (non-hydrogen) atoms. The summed E-state index contributed by atoms with van der Waals surface area (Å²) >= 11 is 0. The van der Waals surface area contributed by atoms with Crippen molar-refractivity contribution in [3.05, 3.63) is 120 Å². The Morgan fingerprint density at radius 2 is 0.816 bits per heavy atom. The number of nitrogens with zero attached hydrogens (tertiary/aromatic N) is 2. The van der Waals surface area contributed by atoms with Crippen LogP contribution >= 0.6 is 0 Å². The van der Waals surface area contributed by atoms with E-state index < -0.39 is 24.0 Å². The van der Waals surface area contributed by atoms with Crippen LogP contribution in [-0.2, 0) is 14.1 Å². The highest BCUT2D eigenvalue weighted by Crippen LogP contribution is 2.54. The van der Waals surface area contributed by atoms with Crippen molar-refractivity contribution in [2.24, 2.45) is 14.1 Å². The monoisotopic (exact) mass is 496 g/mol. The van der Waals surface area contributed by atoms with Crippen LogP contribution in [0.25, 0.3) is 44.3 Å². The minimum Gasteiger partial charge on any atom is -0.851 e. The molecule has 2 aromatic heterocycles. The summed E-state index contributed by atoms with van der Waals surface area (Å²) in [5.41, 5.74) is 7.87. The van der Waals surface area contributed by atoms with Gasteiger partial charge in [-0.1, -0.05) is 97.1 Å². The summed E-state index contributed by atoms with van der Waals surface area (Å²) in [5.74, 6) is -1.24. The first-order valence-corrected chi connectivity index (χ1v) is 13.1. The van der Waals surface area contributed by atoms with E-state index in [-0.39, 0.29) is 0 Å². The molecule has 188 valence electrons. The Kier molecular flexibility index (Phi) is 5.29. The van der Waals surface area contributed by atoms with Crippen LogP contribution in [0, 0.1) is 0 Å². The zero-order valence-electron chi connectivity index (χ0n) is 21.4. The van der Waals surface area contributed by atoms with Gasteiger partial charge in [0.05, 0.1) is 11.4 Å². The number of para-hydroxylation sites is 2. The third-order valence-corrected chi connectivity index (χ3v) is 8.47. The Hall–Kier alpha value is -4.12. The summed E-state index contributed by atoms with van der Waals surface area (Å²) in [6, 6.07) is 36.5. The zero-order chi connectivity index (χ0) is 26.0. The number of fused-ring (bicyclic) bond motifs is 2.